The van der Waals surface area contributed by atoms with Crippen molar-refractivity contribution in [1.29, 1.82) is 0 Å². The zero-order valence-electron chi connectivity index (χ0n) is 17.0. The number of rotatable bonds is 5. The number of benzene rings is 2. The average Bonchev–Trinajstić information content (AvgIpc) is 3.30. The maximum absolute atomic E-state index is 14.9. The first-order valence-corrected chi connectivity index (χ1v) is 11.8. The number of hydrogen-bond donors (Lipinski definition) is 2. The highest BCUT2D eigenvalue weighted by Crippen LogP contribution is 2.31. The minimum absolute atomic E-state index is 0.0572. The summed E-state index contributed by atoms with van der Waals surface area (Å²) < 4.78 is 46.0. The van der Waals surface area contributed by atoms with Crippen LogP contribution in [0.15, 0.2) is 58.1 Å². The summed E-state index contributed by atoms with van der Waals surface area (Å²) in [5.74, 6) is -1.86. The van der Waals surface area contributed by atoms with E-state index in [4.69, 9.17) is 4.74 Å². The van der Waals surface area contributed by atoms with E-state index in [-0.39, 0.29) is 27.6 Å². The highest BCUT2D eigenvalue weighted by Gasteiger charge is 2.34. The number of carbonyl (C=O) groups excluding carboxylic acids is 3. The summed E-state index contributed by atoms with van der Waals surface area (Å²) >= 11 is 0.928. The number of imide groups is 1. The van der Waals surface area contributed by atoms with E-state index in [0.29, 0.717) is 11.3 Å². The zero-order valence-corrected chi connectivity index (χ0v) is 18.6. The van der Waals surface area contributed by atoms with E-state index in [0.717, 1.165) is 28.4 Å². The second-order valence-corrected chi connectivity index (χ2v) is 9.75. The molecular weight excluding hydrogens is 473 g/mol. The van der Waals surface area contributed by atoms with Crippen molar-refractivity contribution in [1.82, 2.24) is 4.72 Å². The molecule has 9 nitrogen and oxygen atoms in total. The molecule has 0 saturated heterocycles. The van der Waals surface area contributed by atoms with Crippen LogP contribution < -0.4 is 19.7 Å². The molecule has 0 aliphatic carbocycles. The van der Waals surface area contributed by atoms with Gasteiger partial charge >= 0.3 is 6.03 Å². The molecule has 33 heavy (non-hydrogen) atoms. The van der Waals surface area contributed by atoms with Gasteiger partial charge in [0.1, 0.15) is 15.8 Å². The summed E-state index contributed by atoms with van der Waals surface area (Å²) in [6, 6.07) is 9.74. The number of carbonyl (C=O) groups is 3. The van der Waals surface area contributed by atoms with Crippen LogP contribution in [0.1, 0.15) is 15.9 Å². The van der Waals surface area contributed by atoms with Gasteiger partial charge in [-0.1, -0.05) is 12.1 Å². The summed E-state index contributed by atoms with van der Waals surface area (Å²) in [6.45, 7) is 0. The Morgan fingerprint density at radius 3 is 2.61 bits per heavy atom. The number of ether oxygens (including phenoxy) is 1. The predicted molar refractivity (Wildman–Crippen MR) is 119 cm³/mol. The zero-order chi connectivity index (χ0) is 23.8. The van der Waals surface area contributed by atoms with E-state index < -0.39 is 33.7 Å². The van der Waals surface area contributed by atoms with E-state index >= 15 is 0 Å². The fraction of sp³-hybridized carbons (Fsp3) is 0.0952. The Kier molecular flexibility index (Phi) is 5.87. The van der Waals surface area contributed by atoms with Gasteiger partial charge < -0.3 is 10.1 Å². The van der Waals surface area contributed by atoms with Crippen LogP contribution in [-0.4, -0.2) is 33.4 Å². The predicted octanol–water partition coefficient (Wildman–Crippen LogP) is 3.14. The Hall–Kier alpha value is -3.77. The van der Waals surface area contributed by atoms with E-state index in [1.165, 1.54) is 36.8 Å². The molecule has 2 N–H and O–H groups in total. The number of nitrogens with zero attached hydrogens (tertiary/aromatic N) is 1. The van der Waals surface area contributed by atoms with Crippen LogP contribution in [0.4, 0.5) is 20.6 Å². The Bertz CT molecular complexity index is 1370. The molecule has 0 atom stereocenters. The first-order valence-electron chi connectivity index (χ1n) is 9.40. The van der Waals surface area contributed by atoms with Crippen molar-refractivity contribution in [2.24, 2.45) is 0 Å². The average molecular weight is 490 g/mol. The summed E-state index contributed by atoms with van der Waals surface area (Å²) in [4.78, 5) is 38.3. The van der Waals surface area contributed by atoms with E-state index in [1.807, 2.05) is 4.72 Å². The number of hydrogen-bond acceptors (Lipinski definition) is 7. The van der Waals surface area contributed by atoms with Crippen molar-refractivity contribution < 1.29 is 31.9 Å². The molecular formula is C21H16FN3O6S2. The Morgan fingerprint density at radius 2 is 1.94 bits per heavy atom. The summed E-state index contributed by atoms with van der Waals surface area (Å²) in [6.07, 6.45) is -0.104. The first-order chi connectivity index (χ1) is 15.7. The first kappa shape index (κ1) is 22.4. The van der Waals surface area contributed by atoms with Gasteiger partial charge in [0.2, 0.25) is 5.91 Å². The standard InChI is InChI=1S/C21H16FN3O6S2/c1-31-14-6-4-12-9-18(26)25(20(27)15(12)11-14)17-7-5-13(10-16(17)22)23-21(28)24-33(29,30)19-3-2-8-32-19/h2-8,10-11H,9H2,1H3,(H2,23,24,28). The third kappa shape index (κ3) is 4.43. The molecule has 0 saturated carbocycles. The van der Waals surface area contributed by atoms with E-state index in [1.54, 1.807) is 12.1 Å². The molecule has 12 heteroatoms. The fourth-order valence-corrected chi connectivity index (χ4v) is 5.17. The van der Waals surface area contributed by atoms with Crippen molar-refractivity contribution in [3.05, 3.63) is 70.9 Å². The number of thiophene rings is 1. The number of fused-ring (bicyclic) bond motifs is 1. The van der Waals surface area contributed by atoms with Crippen LogP contribution in [0, 0.1) is 5.82 Å². The van der Waals surface area contributed by atoms with Gasteiger partial charge in [-0.15, -0.1) is 11.3 Å². The monoisotopic (exact) mass is 489 g/mol. The van der Waals surface area contributed by atoms with Gasteiger partial charge in [-0.3, -0.25) is 9.59 Å². The lowest BCUT2D eigenvalue weighted by molar-refractivity contribution is -0.117. The highest BCUT2D eigenvalue weighted by atomic mass is 32.2. The van der Waals surface area contributed by atoms with Crippen LogP contribution in [0.5, 0.6) is 5.75 Å². The quantitative estimate of drug-likeness (QED) is 0.531. The molecule has 4 rings (SSSR count). The van der Waals surface area contributed by atoms with Crippen LogP contribution in [0.3, 0.4) is 0 Å². The van der Waals surface area contributed by atoms with E-state index in [2.05, 4.69) is 5.32 Å². The van der Waals surface area contributed by atoms with Crippen LogP contribution >= 0.6 is 11.3 Å². The molecule has 0 radical (unpaired) electrons. The largest absolute Gasteiger partial charge is 0.497 e. The SMILES string of the molecule is COc1ccc2c(c1)C(=O)N(c1ccc(NC(=O)NS(=O)(=O)c3cccs3)cc1F)C(=O)C2. The lowest BCUT2D eigenvalue weighted by Gasteiger charge is -2.27. The van der Waals surface area contributed by atoms with E-state index in [9.17, 15) is 27.2 Å². The third-order valence-corrected chi connectivity index (χ3v) is 7.50. The number of methoxy groups -OCH3 is 1. The van der Waals surface area contributed by atoms with Crippen LogP contribution in [0.2, 0.25) is 0 Å². The van der Waals surface area contributed by atoms with Crippen molar-refractivity contribution >= 4 is 50.6 Å². The van der Waals surface area contributed by atoms with Gasteiger partial charge in [0.25, 0.3) is 15.9 Å². The maximum Gasteiger partial charge on any atom is 0.333 e. The lowest BCUT2D eigenvalue weighted by Crippen LogP contribution is -2.43. The Labute approximate surface area is 191 Å². The number of halogens is 1. The molecule has 0 bridgehead atoms. The van der Waals surface area contributed by atoms with Gasteiger partial charge in [-0.2, -0.15) is 0 Å². The highest BCUT2D eigenvalue weighted by molar-refractivity contribution is 7.92. The van der Waals surface area contributed by atoms with Crippen molar-refractivity contribution in [3.63, 3.8) is 0 Å². The molecule has 170 valence electrons. The Balaban J connectivity index is 1.54. The topological polar surface area (TPSA) is 122 Å². The van der Waals surface area contributed by atoms with Crippen molar-refractivity contribution in [2.45, 2.75) is 10.6 Å². The molecule has 2 heterocycles. The van der Waals surface area contributed by atoms with Crippen molar-refractivity contribution in [3.8, 4) is 5.75 Å². The Morgan fingerprint density at radius 1 is 1.15 bits per heavy atom. The van der Waals surface area contributed by atoms with Crippen molar-refractivity contribution in [2.75, 3.05) is 17.3 Å². The number of anilines is 2. The molecule has 0 unspecified atom stereocenters. The van der Waals surface area contributed by atoms with Gasteiger partial charge in [0.15, 0.2) is 0 Å². The molecule has 1 aliphatic rings. The minimum Gasteiger partial charge on any atom is -0.497 e. The number of urea groups is 1. The maximum atomic E-state index is 14.9. The third-order valence-electron chi connectivity index (χ3n) is 4.78. The number of sulfonamides is 1. The molecule has 1 aromatic heterocycles. The summed E-state index contributed by atoms with van der Waals surface area (Å²) in [7, 11) is -2.63. The second kappa shape index (κ2) is 8.64. The van der Waals surface area contributed by atoms with Gasteiger partial charge in [0.05, 0.1) is 19.2 Å². The summed E-state index contributed by atoms with van der Waals surface area (Å²) in [5.41, 5.74) is 0.350. The van der Waals surface area contributed by atoms with Gasteiger partial charge in [-0.25, -0.2) is 27.2 Å². The second-order valence-electron chi connectivity index (χ2n) is 6.89. The smallest absolute Gasteiger partial charge is 0.333 e. The van der Waals surface area contributed by atoms with Gasteiger partial charge in [-0.05, 0) is 47.3 Å². The molecule has 4 amide bonds. The normalized spacial score (nSPS) is 13.5. The van der Waals surface area contributed by atoms with Gasteiger partial charge in [0, 0.05) is 11.3 Å². The lowest BCUT2D eigenvalue weighted by atomic mass is 9.97. The number of nitrogens with one attached hydrogen (secondary N) is 2. The number of amides is 4. The molecule has 0 fully saturated rings. The van der Waals surface area contributed by atoms with Crippen LogP contribution in [0.25, 0.3) is 0 Å². The molecule has 0 spiro atoms. The summed E-state index contributed by atoms with van der Waals surface area (Å²) in [5, 5.41) is 3.75. The fourth-order valence-electron chi connectivity index (χ4n) is 3.27. The molecule has 3 aromatic rings. The molecule has 1 aliphatic heterocycles. The molecule has 2 aromatic carbocycles. The van der Waals surface area contributed by atoms with Crippen LogP contribution in [-0.2, 0) is 21.2 Å². The minimum atomic E-state index is -4.07.